The molecule has 58 heavy (non-hydrogen) atoms. The molecule has 1 N–H and O–H groups in total. The van der Waals surface area contributed by atoms with E-state index in [0.29, 0.717) is 24.3 Å². The summed E-state index contributed by atoms with van der Waals surface area (Å²) in [6, 6.07) is 13.8. The molecule has 1 fully saturated rings. The number of amides is 1. The van der Waals surface area contributed by atoms with Gasteiger partial charge in [-0.3, -0.25) is 4.90 Å². The van der Waals surface area contributed by atoms with Gasteiger partial charge in [0, 0.05) is 28.5 Å². The van der Waals surface area contributed by atoms with Crippen LogP contribution in [0.5, 0.6) is 5.75 Å². The third kappa shape index (κ3) is 11.1. The summed E-state index contributed by atoms with van der Waals surface area (Å²) in [5.74, 6) is 0.309. The predicted octanol–water partition coefficient (Wildman–Crippen LogP) is 9.47. The average Bonchev–Trinajstić information content (AvgIpc) is 3.57. The van der Waals surface area contributed by atoms with Crippen molar-refractivity contribution in [2.24, 2.45) is 11.3 Å². The quantitative estimate of drug-likeness (QED) is 0.168. The van der Waals surface area contributed by atoms with E-state index in [9.17, 15) is 18.0 Å². The molecule has 2 aromatic carbocycles. The molecule has 0 bridgehead atoms. The van der Waals surface area contributed by atoms with E-state index in [-0.39, 0.29) is 35.3 Å². The summed E-state index contributed by atoms with van der Waals surface area (Å²) >= 11 is 1.70. The van der Waals surface area contributed by atoms with Gasteiger partial charge in [0.1, 0.15) is 22.7 Å². The van der Waals surface area contributed by atoms with Gasteiger partial charge >= 0.3 is 12.1 Å². The number of thiophene rings is 1. The largest absolute Gasteiger partial charge is 0.497 e. The highest BCUT2D eigenvalue weighted by Gasteiger charge is 2.52. The van der Waals surface area contributed by atoms with Crippen LogP contribution < -0.4 is 10.1 Å². The Hall–Kier alpha value is -3.65. The van der Waals surface area contributed by atoms with E-state index in [4.69, 9.17) is 18.9 Å². The Labute approximate surface area is 350 Å². The number of aryl methyl sites for hydroxylation is 1. The van der Waals surface area contributed by atoms with Gasteiger partial charge in [-0.05, 0) is 140 Å². The third-order valence-electron chi connectivity index (χ3n) is 10.3. The lowest BCUT2D eigenvalue weighted by Gasteiger charge is -2.35. The molecule has 11 nitrogen and oxygen atoms in total. The van der Waals surface area contributed by atoms with E-state index in [1.165, 1.54) is 16.3 Å². The van der Waals surface area contributed by atoms with Gasteiger partial charge in [0.25, 0.3) is 0 Å². The van der Waals surface area contributed by atoms with Crippen molar-refractivity contribution in [3.63, 3.8) is 0 Å². The summed E-state index contributed by atoms with van der Waals surface area (Å²) in [7, 11) is -2.41. The van der Waals surface area contributed by atoms with Crippen LogP contribution in [0, 0.1) is 11.3 Å². The topological polar surface area (TPSA) is 124 Å². The maximum absolute atomic E-state index is 14.2. The van der Waals surface area contributed by atoms with Crippen LogP contribution in [0.2, 0.25) is 0 Å². The Balaban J connectivity index is 1.41. The van der Waals surface area contributed by atoms with Gasteiger partial charge in [-0.25, -0.2) is 18.0 Å². The maximum Gasteiger partial charge on any atom is 0.412 e. The van der Waals surface area contributed by atoms with Gasteiger partial charge in [0.05, 0.1) is 36.3 Å². The van der Waals surface area contributed by atoms with Crippen molar-refractivity contribution in [3.05, 3.63) is 75.0 Å². The summed E-state index contributed by atoms with van der Waals surface area (Å²) in [5.41, 5.74) is 1.29. The number of methoxy groups -OCH3 is 1. The van der Waals surface area contributed by atoms with E-state index in [0.717, 1.165) is 41.0 Å². The van der Waals surface area contributed by atoms with Crippen LogP contribution >= 0.6 is 11.3 Å². The van der Waals surface area contributed by atoms with Crippen LogP contribution in [0.4, 0.5) is 10.5 Å². The van der Waals surface area contributed by atoms with E-state index in [1.54, 1.807) is 40.5 Å². The second-order valence-electron chi connectivity index (χ2n) is 19.3. The van der Waals surface area contributed by atoms with Gasteiger partial charge in [-0.2, -0.15) is 4.31 Å². The number of carbonyl (C=O) groups is 2. The lowest BCUT2D eigenvalue weighted by atomic mass is 9.76. The highest BCUT2D eigenvalue weighted by molar-refractivity contribution is 7.89. The van der Waals surface area contributed by atoms with Gasteiger partial charge in [0.2, 0.25) is 10.0 Å². The summed E-state index contributed by atoms with van der Waals surface area (Å²) in [5, 5.41) is 3.54. The molecule has 1 aliphatic heterocycles. The molecule has 3 aromatic rings. The fraction of sp³-hybridized carbons (Fsp3) is 0.600. The molecule has 13 heteroatoms. The number of nitrogens with zero attached hydrogens (tertiary/aromatic N) is 2. The summed E-state index contributed by atoms with van der Waals surface area (Å²) in [6.07, 6.45) is 2.05. The monoisotopic (exact) mass is 839 g/mol. The van der Waals surface area contributed by atoms with Crippen LogP contribution in [-0.4, -0.2) is 79.0 Å². The van der Waals surface area contributed by atoms with Gasteiger partial charge in [-0.1, -0.05) is 39.8 Å². The molecule has 0 saturated carbocycles. The van der Waals surface area contributed by atoms with Crippen LogP contribution in [0.3, 0.4) is 0 Å². The fourth-order valence-electron chi connectivity index (χ4n) is 7.74. The van der Waals surface area contributed by atoms with Crippen LogP contribution in [-0.2, 0) is 50.0 Å². The second kappa shape index (κ2) is 17.1. The number of sulfonamides is 1. The SMILES string of the molecule is COc1ccc(S(=O)(=O)N(CC(C)C)C[C@H]2OC(C)(C)N(C(=O)OC(C)(C)C)[C@H]2Cc2ccc(NCc3sc4c(c3C(=O)OC(C)(C)C)CC(C)(C)CC4)cc2)cc1. The molecule has 0 spiro atoms. The smallest absolute Gasteiger partial charge is 0.412 e. The lowest BCUT2D eigenvalue weighted by molar-refractivity contribution is -0.0807. The Morgan fingerprint density at radius 3 is 2.16 bits per heavy atom. The molecule has 1 aromatic heterocycles. The normalized spacial score (nSPS) is 19.3. The first-order valence-electron chi connectivity index (χ1n) is 20.3. The van der Waals surface area contributed by atoms with Crippen molar-refractivity contribution in [1.82, 2.24) is 9.21 Å². The molecule has 1 amide bonds. The molecule has 2 atom stereocenters. The molecule has 0 radical (unpaired) electrons. The number of nitrogens with one attached hydrogen (secondary N) is 1. The summed E-state index contributed by atoms with van der Waals surface area (Å²) in [4.78, 5) is 31.6. The van der Waals surface area contributed by atoms with Crippen molar-refractivity contribution in [2.75, 3.05) is 25.5 Å². The van der Waals surface area contributed by atoms with Gasteiger partial charge in [0.15, 0.2) is 0 Å². The first-order chi connectivity index (χ1) is 26.8. The molecule has 0 unspecified atom stereocenters. The molecular formula is C45H65N3O8S2. The molecule has 5 rings (SSSR count). The minimum atomic E-state index is -3.94. The molecule has 320 valence electrons. The Morgan fingerprint density at radius 2 is 1.59 bits per heavy atom. The van der Waals surface area contributed by atoms with E-state index in [2.05, 4.69) is 19.2 Å². The number of hydrogen-bond donors (Lipinski definition) is 1. The number of fused-ring (bicyclic) bond motifs is 1. The van der Waals surface area contributed by atoms with Gasteiger partial charge in [-0.15, -0.1) is 11.3 Å². The zero-order valence-electron chi connectivity index (χ0n) is 36.8. The fourth-order valence-corrected chi connectivity index (χ4v) is 10.6. The number of esters is 1. The first-order valence-corrected chi connectivity index (χ1v) is 22.6. The molecule has 2 aliphatic rings. The van der Waals surface area contributed by atoms with Crippen molar-refractivity contribution in [1.29, 1.82) is 0 Å². The van der Waals surface area contributed by atoms with E-state index < -0.39 is 45.2 Å². The molecule has 1 aliphatic carbocycles. The zero-order valence-corrected chi connectivity index (χ0v) is 38.4. The highest BCUT2D eigenvalue weighted by atomic mass is 32.2. The standard InChI is InChI=1S/C45H65N3O8S2/c1-29(2)27-47(58(51,52)33-20-18-32(53-13)19-21-33)28-36-35(48(45(11,12)54-36)41(50)56-43(6,7)8)24-30-14-16-31(17-15-30)46-26-38-39(40(49)55-42(3,4)5)34-25-44(9,10)23-22-37(34)57-38/h14-21,29,35-36,46H,22-28H2,1-13H3/t35-,36+/m0/s1. The highest BCUT2D eigenvalue weighted by Crippen LogP contribution is 2.43. The van der Waals surface area contributed by atoms with Crippen LogP contribution in [0.15, 0.2) is 53.4 Å². The van der Waals surface area contributed by atoms with Gasteiger partial charge < -0.3 is 24.3 Å². The Kier molecular flexibility index (Phi) is 13.4. The minimum Gasteiger partial charge on any atom is -0.497 e. The molecular weight excluding hydrogens is 775 g/mol. The number of anilines is 1. The number of carbonyl (C=O) groups excluding carboxylic acids is 2. The molecule has 2 heterocycles. The zero-order chi connectivity index (χ0) is 43.0. The van der Waals surface area contributed by atoms with Crippen molar-refractivity contribution in [2.45, 2.75) is 149 Å². The number of hydrogen-bond acceptors (Lipinski definition) is 10. The number of rotatable bonds is 13. The van der Waals surface area contributed by atoms with Crippen molar-refractivity contribution >= 4 is 39.1 Å². The summed E-state index contributed by atoms with van der Waals surface area (Å²) < 4.78 is 53.6. The minimum absolute atomic E-state index is 0.0228. The van der Waals surface area contributed by atoms with Crippen molar-refractivity contribution in [3.8, 4) is 5.75 Å². The maximum atomic E-state index is 14.2. The van der Waals surface area contributed by atoms with Crippen molar-refractivity contribution < 1.29 is 37.0 Å². The average molecular weight is 840 g/mol. The number of benzene rings is 2. The van der Waals surface area contributed by atoms with Crippen LogP contribution in [0.25, 0.3) is 0 Å². The molecule has 1 saturated heterocycles. The van der Waals surface area contributed by atoms with Crippen LogP contribution in [0.1, 0.15) is 121 Å². The first kappa shape index (κ1) is 45.4. The van der Waals surface area contributed by atoms with E-state index in [1.807, 2.05) is 93.5 Å². The summed E-state index contributed by atoms with van der Waals surface area (Å²) in [6.45, 7) is 24.0. The third-order valence-corrected chi connectivity index (χ3v) is 13.5. The Morgan fingerprint density at radius 1 is 0.966 bits per heavy atom. The second-order valence-corrected chi connectivity index (χ2v) is 22.4. The lowest BCUT2D eigenvalue weighted by Crippen LogP contribution is -2.52. The number of ether oxygens (including phenoxy) is 4. The Bertz CT molecular complexity index is 2020. The predicted molar refractivity (Wildman–Crippen MR) is 230 cm³/mol. The van der Waals surface area contributed by atoms with E-state index >= 15 is 0 Å².